The number of hydrogen-bond donors (Lipinski definition) is 0. The van der Waals surface area contributed by atoms with Crippen LogP contribution in [0, 0.1) is 6.92 Å². The summed E-state index contributed by atoms with van der Waals surface area (Å²) in [7, 11) is 0. The lowest BCUT2D eigenvalue weighted by Crippen LogP contribution is -2.11. The summed E-state index contributed by atoms with van der Waals surface area (Å²) in [5, 5.41) is 0.786. The summed E-state index contributed by atoms with van der Waals surface area (Å²) in [5.41, 5.74) is 1.54. The number of hydrogen-bond acceptors (Lipinski definition) is 2. The minimum absolute atomic E-state index is 0.220. The van der Waals surface area contributed by atoms with Crippen molar-refractivity contribution in [2.75, 3.05) is 0 Å². The molecule has 1 heterocycles. The Morgan fingerprint density at radius 3 is 2.62 bits per heavy atom. The first-order chi connectivity index (χ1) is 7.46. The molecule has 0 radical (unpaired) electrons. The molecule has 0 fully saturated rings. The van der Waals surface area contributed by atoms with Crippen molar-refractivity contribution in [1.82, 2.24) is 9.97 Å². The molecule has 0 saturated heterocycles. The van der Waals surface area contributed by atoms with Gasteiger partial charge in [-0.2, -0.15) is 13.2 Å². The molecule has 2 rings (SSSR count). The molecule has 0 bridgehead atoms. The molecule has 0 aliphatic heterocycles. The zero-order chi connectivity index (χ0) is 11.8. The molecule has 84 valence electrons. The third-order valence-electron chi connectivity index (χ3n) is 2.30. The zero-order valence-electron chi connectivity index (χ0n) is 8.54. The number of halogens is 3. The minimum atomic E-state index is -4.18. The largest absolute Gasteiger partial charge is 0.393 e. The Bertz CT molecular complexity index is 520. The van der Waals surface area contributed by atoms with Gasteiger partial charge in [-0.3, -0.25) is 0 Å². The van der Waals surface area contributed by atoms with Crippen LogP contribution in [-0.2, 0) is 6.42 Å². The average Bonchev–Trinajstić information content (AvgIpc) is 2.15. The quantitative estimate of drug-likeness (QED) is 0.746. The van der Waals surface area contributed by atoms with Gasteiger partial charge in [-0.05, 0) is 18.6 Å². The van der Waals surface area contributed by atoms with Crippen molar-refractivity contribution in [3.8, 4) is 0 Å². The van der Waals surface area contributed by atoms with Crippen molar-refractivity contribution in [3.05, 3.63) is 35.8 Å². The van der Waals surface area contributed by atoms with Gasteiger partial charge in [0.2, 0.25) is 0 Å². The molecule has 0 aliphatic carbocycles. The number of alkyl halides is 3. The van der Waals surface area contributed by atoms with Crippen LogP contribution < -0.4 is 0 Å². The van der Waals surface area contributed by atoms with Crippen molar-refractivity contribution < 1.29 is 13.2 Å². The summed E-state index contributed by atoms with van der Waals surface area (Å²) >= 11 is 0. The third kappa shape index (κ3) is 2.29. The van der Waals surface area contributed by atoms with Gasteiger partial charge in [-0.1, -0.05) is 12.1 Å². The van der Waals surface area contributed by atoms with Crippen LogP contribution in [0.2, 0.25) is 0 Å². The summed E-state index contributed by atoms with van der Waals surface area (Å²) in [6, 6.07) is 4.55. The van der Waals surface area contributed by atoms with Crippen LogP contribution >= 0.6 is 0 Å². The normalized spacial score (nSPS) is 12.0. The maximum Gasteiger partial charge on any atom is 0.393 e. The molecular weight excluding hydrogens is 217 g/mol. The fourth-order valence-electron chi connectivity index (χ4n) is 1.58. The minimum Gasteiger partial charge on any atom is -0.241 e. The molecule has 0 atom stereocenters. The lowest BCUT2D eigenvalue weighted by molar-refractivity contribution is -0.127. The molecule has 0 unspecified atom stereocenters. The van der Waals surface area contributed by atoms with Gasteiger partial charge in [0, 0.05) is 11.1 Å². The summed E-state index contributed by atoms with van der Waals surface area (Å²) in [6.45, 7) is 1.80. The van der Waals surface area contributed by atoms with E-state index in [2.05, 4.69) is 9.97 Å². The Morgan fingerprint density at radius 1 is 1.19 bits per heavy atom. The average molecular weight is 226 g/mol. The Kier molecular flexibility index (Phi) is 2.53. The van der Waals surface area contributed by atoms with E-state index < -0.39 is 12.6 Å². The van der Waals surface area contributed by atoms with Crippen molar-refractivity contribution in [2.24, 2.45) is 0 Å². The van der Waals surface area contributed by atoms with E-state index in [0.717, 1.165) is 11.1 Å². The predicted molar refractivity (Wildman–Crippen MR) is 54.0 cm³/mol. The second-order valence-electron chi connectivity index (χ2n) is 3.60. The summed E-state index contributed by atoms with van der Waals surface area (Å²) in [6.07, 6.45) is -3.75. The van der Waals surface area contributed by atoms with E-state index in [1.54, 1.807) is 13.0 Å². The van der Waals surface area contributed by atoms with E-state index in [1.807, 2.05) is 0 Å². The van der Waals surface area contributed by atoms with Crippen LogP contribution in [-0.4, -0.2) is 16.1 Å². The van der Waals surface area contributed by atoms with Crippen molar-refractivity contribution >= 4 is 10.9 Å². The molecule has 0 amide bonds. The van der Waals surface area contributed by atoms with Gasteiger partial charge < -0.3 is 0 Å². The van der Waals surface area contributed by atoms with Crippen LogP contribution in [0.15, 0.2) is 24.5 Å². The van der Waals surface area contributed by atoms with E-state index >= 15 is 0 Å². The van der Waals surface area contributed by atoms with Gasteiger partial charge in [0.1, 0.15) is 6.33 Å². The lowest BCUT2D eigenvalue weighted by Gasteiger charge is -2.07. The van der Waals surface area contributed by atoms with E-state index in [4.69, 9.17) is 0 Å². The second-order valence-corrected chi connectivity index (χ2v) is 3.60. The second kappa shape index (κ2) is 3.73. The molecule has 0 saturated carbocycles. The molecular formula is C11H9F3N2. The smallest absolute Gasteiger partial charge is 0.241 e. The molecule has 0 spiro atoms. The van der Waals surface area contributed by atoms with E-state index in [1.165, 1.54) is 18.5 Å². The van der Waals surface area contributed by atoms with Crippen LogP contribution in [0.5, 0.6) is 0 Å². The van der Waals surface area contributed by atoms with Gasteiger partial charge in [-0.15, -0.1) is 0 Å². The van der Waals surface area contributed by atoms with E-state index in [0.29, 0.717) is 5.52 Å². The highest BCUT2D eigenvalue weighted by molar-refractivity contribution is 5.81. The fraction of sp³-hybridized carbons (Fsp3) is 0.273. The number of aryl methyl sites for hydroxylation is 1. The molecule has 1 aromatic heterocycles. The molecule has 5 heteroatoms. The number of rotatable bonds is 1. The van der Waals surface area contributed by atoms with Crippen LogP contribution in [0.1, 0.15) is 11.3 Å². The Labute approximate surface area is 90.1 Å². The van der Waals surface area contributed by atoms with Gasteiger partial charge in [-0.25, -0.2) is 9.97 Å². The topological polar surface area (TPSA) is 25.8 Å². The van der Waals surface area contributed by atoms with E-state index in [-0.39, 0.29) is 5.56 Å². The zero-order valence-corrected chi connectivity index (χ0v) is 8.54. The molecule has 0 N–H and O–H groups in total. The van der Waals surface area contributed by atoms with Gasteiger partial charge in [0.05, 0.1) is 11.9 Å². The van der Waals surface area contributed by atoms with Crippen molar-refractivity contribution in [3.63, 3.8) is 0 Å². The van der Waals surface area contributed by atoms with Gasteiger partial charge in [0.15, 0.2) is 0 Å². The van der Waals surface area contributed by atoms with Crippen LogP contribution in [0.4, 0.5) is 13.2 Å². The Hall–Kier alpha value is -1.65. The highest BCUT2D eigenvalue weighted by Gasteiger charge is 2.27. The number of nitrogens with zero attached hydrogens (tertiary/aromatic N) is 2. The predicted octanol–water partition coefficient (Wildman–Crippen LogP) is 3.04. The maximum absolute atomic E-state index is 12.2. The monoisotopic (exact) mass is 226 g/mol. The molecule has 16 heavy (non-hydrogen) atoms. The third-order valence-corrected chi connectivity index (χ3v) is 2.30. The van der Waals surface area contributed by atoms with E-state index in [9.17, 15) is 13.2 Å². The first-order valence-electron chi connectivity index (χ1n) is 4.73. The maximum atomic E-state index is 12.2. The Morgan fingerprint density at radius 2 is 1.94 bits per heavy atom. The fourth-order valence-corrected chi connectivity index (χ4v) is 1.58. The number of fused-ring (bicyclic) bond motifs is 1. The lowest BCUT2D eigenvalue weighted by atomic mass is 10.1. The first-order valence-corrected chi connectivity index (χ1v) is 4.73. The summed E-state index contributed by atoms with van der Waals surface area (Å²) in [4.78, 5) is 7.93. The standard InChI is InChI=1S/C11H9F3N2/c1-7-9-3-2-8(5-11(12,13)14)4-10(9)16-6-15-7/h2-4,6H,5H2,1H3. The van der Waals surface area contributed by atoms with Crippen LogP contribution in [0.25, 0.3) is 10.9 Å². The molecule has 0 aliphatic rings. The summed E-state index contributed by atoms with van der Waals surface area (Å²) < 4.78 is 36.6. The SMILES string of the molecule is Cc1ncnc2cc(CC(F)(F)F)ccc12. The Balaban J connectivity index is 2.45. The number of benzene rings is 1. The van der Waals surface area contributed by atoms with Crippen molar-refractivity contribution in [1.29, 1.82) is 0 Å². The van der Waals surface area contributed by atoms with Crippen LogP contribution in [0.3, 0.4) is 0 Å². The molecule has 2 aromatic rings. The summed E-state index contributed by atoms with van der Waals surface area (Å²) in [5.74, 6) is 0. The first kappa shape index (κ1) is 10.9. The van der Waals surface area contributed by atoms with Gasteiger partial charge >= 0.3 is 6.18 Å². The highest BCUT2D eigenvalue weighted by Crippen LogP contribution is 2.23. The van der Waals surface area contributed by atoms with Crippen molar-refractivity contribution in [2.45, 2.75) is 19.5 Å². The molecule has 1 aromatic carbocycles. The number of aromatic nitrogens is 2. The van der Waals surface area contributed by atoms with Gasteiger partial charge in [0.25, 0.3) is 0 Å². The highest BCUT2D eigenvalue weighted by atomic mass is 19.4. The molecule has 2 nitrogen and oxygen atoms in total.